The van der Waals surface area contributed by atoms with E-state index in [2.05, 4.69) is 20.0 Å². The number of carbonyl (C=O) groups excluding carboxylic acids is 1. The number of rotatable bonds is 5. The number of fused-ring (bicyclic) bond motifs is 1. The number of anilines is 1. The lowest BCUT2D eigenvalue weighted by molar-refractivity contribution is 0.0698. The number of ether oxygens (including phenoxy) is 1. The molecule has 0 aliphatic heterocycles. The Morgan fingerprint density at radius 1 is 1.31 bits per heavy atom. The quantitative estimate of drug-likeness (QED) is 0.555. The number of carboxylic acids is 1. The molecule has 0 saturated carbocycles. The van der Waals surface area contributed by atoms with Crippen molar-refractivity contribution in [2.45, 2.75) is 4.90 Å². The minimum absolute atomic E-state index is 0.0479. The second kappa shape index (κ2) is 6.65. The van der Waals surface area contributed by atoms with Gasteiger partial charge in [-0.2, -0.15) is 8.42 Å². The highest BCUT2D eigenvalue weighted by atomic mass is 32.2. The average Bonchev–Trinajstić information content (AvgIpc) is 3.20. The minimum Gasteiger partial charge on any atom is -0.477 e. The van der Waals surface area contributed by atoms with Crippen LogP contribution >= 0.6 is 11.3 Å². The highest BCUT2D eigenvalue weighted by Gasteiger charge is 2.26. The predicted octanol–water partition coefficient (Wildman–Crippen LogP) is 2.27. The molecule has 3 rings (SSSR count). The number of hydrogen-bond acceptors (Lipinski definition) is 8. The van der Waals surface area contributed by atoms with Gasteiger partial charge in [-0.15, -0.1) is 11.3 Å². The Morgan fingerprint density at radius 2 is 2.08 bits per heavy atom. The van der Waals surface area contributed by atoms with Gasteiger partial charge in [0.15, 0.2) is 0 Å². The molecular formula is C14H11N3O7S2. The van der Waals surface area contributed by atoms with Gasteiger partial charge in [0.2, 0.25) is 5.95 Å². The third kappa shape index (κ3) is 3.45. The number of benzene rings is 1. The molecule has 0 saturated heterocycles. The second-order valence-electron chi connectivity index (χ2n) is 4.84. The lowest BCUT2D eigenvalue weighted by atomic mass is 10.3. The average molecular weight is 397 g/mol. The van der Waals surface area contributed by atoms with Crippen molar-refractivity contribution < 1.29 is 32.0 Å². The number of H-pyrrole nitrogens is 1. The Balaban J connectivity index is 1.89. The molecule has 1 aromatic carbocycles. The molecule has 136 valence electrons. The maximum atomic E-state index is 12.3. The fourth-order valence-electron chi connectivity index (χ4n) is 2.07. The minimum atomic E-state index is -4.32. The first-order valence-corrected chi connectivity index (χ1v) is 9.19. The van der Waals surface area contributed by atoms with Crippen LogP contribution in [0.1, 0.15) is 9.67 Å². The van der Waals surface area contributed by atoms with Crippen LogP contribution < -0.4 is 9.50 Å². The van der Waals surface area contributed by atoms with Crippen LogP contribution in [0.4, 0.5) is 10.7 Å². The molecule has 0 fully saturated rings. The number of amides is 1. The van der Waals surface area contributed by atoms with Gasteiger partial charge >= 0.3 is 22.2 Å². The van der Waals surface area contributed by atoms with Crippen molar-refractivity contribution in [3.05, 3.63) is 34.5 Å². The van der Waals surface area contributed by atoms with Gasteiger partial charge < -0.3 is 19.0 Å². The molecule has 26 heavy (non-hydrogen) atoms. The first-order chi connectivity index (χ1) is 12.3. The maximum Gasteiger partial charge on any atom is 0.413 e. The van der Waals surface area contributed by atoms with Crippen molar-refractivity contribution in [2.24, 2.45) is 0 Å². The third-order valence-corrected chi connectivity index (χ3v) is 5.48. The number of nitrogens with one attached hydrogen (secondary N) is 2. The smallest absolute Gasteiger partial charge is 0.413 e. The van der Waals surface area contributed by atoms with Crippen LogP contribution in [-0.4, -0.2) is 42.7 Å². The Labute approximate surface area is 150 Å². The summed E-state index contributed by atoms with van der Waals surface area (Å²) in [5.74, 6) is -1.30. The Hall–Kier alpha value is -3.12. The van der Waals surface area contributed by atoms with Gasteiger partial charge in [0, 0.05) is 6.07 Å². The number of aromatic carboxylic acids is 1. The first-order valence-electron chi connectivity index (χ1n) is 6.90. The largest absolute Gasteiger partial charge is 0.477 e. The maximum absolute atomic E-state index is 12.3. The third-order valence-electron chi connectivity index (χ3n) is 3.16. The Kier molecular flexibility index (Phi) is 4.52. The van der Waals surface area contributed by atoms with Crippen molar-refractivity contribution in [1.82, 2.24) is 9.97 Å². The number of aromatic amines is 1. The standard InChI is InChI=1S/C14H11N3O7S2/c1-23-14(20)17-13-15-8-3-2-7(6-9(8)16-13)24-26(21,22)10-4-5-25-11(10)12(18)19/h2-6H,1H3,(H,18,19)(H2,15,16,17,20). The van der Waals surface area contributed by atoms with Crippen LogP contribution in [0, 0.1) is 0 Å². The zero-order valence-electron chi connectivity index (χ0n) is 13.0. The van der Waals surface area contributed by atoms with E-state index in [9.17, 15) is 18.0 Å². The summed E-state index contributed by atoms with van der Waals surface area (Å²) < 4.78 is 34.1. The van der Waals surface area contributed by atoms with E-state index in [-0.39, 0.29) is 16.6 Å². The summed E-state index contributed by atoms with van der Waals surface area (Å²) in [6.07, 6.45) is -0.721. The van der Waals surface area contributed by atoms with Crippen molar-refractivity contribution in [3.8, 4) is 5.75 Å². The molecule has 2 aromatic heterocycles. The fourth-order valence-corrected chi connectivity index (χ4v) is 4.23. The summed E-state index contributed by atoms with van der Waals surface area (Å²) in [4.78, 5) is 28.4. The number of carbonyl (C=O) groups is 2. The molecule has 10 nitrogen and oxygen atoms in total. The number of imidazole rings is 1. The number of methoxy groups -OCH3 is 1. The number of nitrogens with zero attached hydrogens (tertiary/aromatic N) is 1. The first kappa shape index (κ1) is 17.7. The van der Waals surface area contributed by atoms with Gasteiger partial charge in [0.25, 0.3) is 0 Å². The SMILES string of the molecule is COC(=O)Nc1nc2ccc(OS(=O)(=O)c3ccsc3C(=O)O)cc2[nH]1. The van der Waals surface area contributed by atoms with Crippen LogP contribution in [0.2, 0.25) is 0 Å². The normalized spacial score (nSPS) is 11.3. The summed E-state index contributed by atoms with van der Waals surface area (Å²) in [5.41, 5.74) is 0.843. The number of thiophene rings is 1. The molecule has 0 unspecified atom stereocenters. The number of aromatic nitrogens is 2. The lowest BCUT2D eigenvalue weighted by Gasteiger charge is -2.06. The molecule has 0 radical (unpaired) electrons. The molecular weight excluding hydrogens is 386 g/mol. The van der Waals surface area contributed by atoms with Gasteiger partial charge in [-0.3, -0.25) is 5.32 Å². The fraction of sp³-hybridized carbons (Fsp3) is 0.0714. The molecule has 0 atom stereocenters. The van der Waals surface area contributed by atoms with E-state index in [1.165, 1.54) is 30.7 Å². The molecule has 2 heterocycles. The van der Waals surface area contributed by atoms with Crippen molar-refractivity contribution in [3.63, 3.8) is 0 Å². The molecule has 12 heteroatoms. The lowest BCUT2D eigenvalue weighted by Crippen LogP contribution is -2.12. The molecule has 3 aromatic rings. The van der Waals surface area contributed by atoms with E-state index in [1.54, 1.807) is 0 Å². The van der Waals surface area contributed by atoms with E-state index in [0.29, 0.717) is 11.0 Å². The van der Waals surface area contributed by atoms with Crippen LogP contribution in [0.15, 0.2) is 34.5 Å². The molecule has 0 aliphatic carbocycles. The van der Waals surface area contributed by atoms with E-state index < -0.39 is 27.1 Å². The van der Waals surface area contributed by atoms with Crippen LogP contribution in [0.3, 0.4) is 0 Å². The van der Waals surface area contributed by atoms with Gasteiger partial charge in [-0.25, -0.2) is 14.6 Å². The summed E-state index contributed by atoms with van der Waals surface area (Å²) in [6.45, 7) is 0. The highest BCUT2D eigenvalue weighted by molar-refractivity contribution is 7.87. The summed E-state index contributed by atoms with van der Waals surface area (Å²) in [5, 5.41) is 12.7. The monoisotopic (exact) mass is 397 g/mol. The van der Waals surface area contributed by atoms with Crippen LogP contribution in [0.25, 0.3) is 11.0 Å². The van der Waals surface area contributed by atoms with Gasteiger partial charge in [-0.1, -0.05) is 0 Å². The molecule has 0 spiro atoms. The summed E-state index contributed by atoms with van der Waals surface area (Å²) >= 11 is 0.782. The number of carboxylic acid groups (broad SMARTS) is 1. The van der Waals surface area contributed by atoms with Crippen molar-refractivity contribution in [2.75, 3.05) is 12.4 Å². The number of hydrogen-bond donors (Lipinski definition) is 3. The van der Waals surface area contributed by atoms with Crippen molar-refractivity contribution >= 4 is 50.5 Å². The Bertz CT molecular complexity index is 1100. The van der Waals surface area contributed by atoms with E-state index in [4.69, 9.17) is 9.29 Å². The highest BCUT2D eigenvalue weighted by Crippen LogP contribution is 2.27. The topological polar surface area (TPSA) is 148 Å². The van der Waals surface area contributed by atoms with E-state index in [1.807, 2.05) is 0 Å². The van der Waals surface area contributed by atoms with Crippen LogP contribution in [0.5, 0.6) is 5.75 Å². The van der Waals surface area contributed by atoms with Gasteiger partial charge in [0.1, 0.15) is 15.5 Å². The summed E-state index contributed by atoms with van der Waals surface area (Å²) in [7, 11) is -3.13. The second-order valence-corrected chi connectivity index (χ2v) is 7.27. The van der Waals surface area contributed by atoms with Crippen molar-refractivity contribution in [1.29, 1.82) is 0 Å². The summed E-state index contributed by atoms with van der Waals surface area (Å²) in [6, 6.07) is 5.35. The van der Waals surface area contributed by atoms with Gasteiger partial charge in [0.05, 0.1) is 18.1 Å². The van der Waals surface area contributed by atoms with E-state index in [0.717, 1.165) is 17.4 Å². The predicted molar refractivity (Wildman–Crippen MR) is 91.2 cm³/mol. The molecule has 0 bridgehead atoms. The van der Waals surface area contributed by atoms with Crippen LogP contribution in [-0.2, 0) is 14.9 Å². The zero-order valence-corrected chi connectivity index (χ0v) is 14.7. The molecule has 3 N–H and O–H groups in total. The molecule has 1 amide bonds. The zero-order chi connectivity index (χ0) is 18.9. The Morgan fingerprint density at radius 3 is 2.77 bits per heavy atom. The van der Waals surface area contributed by atoms with E-state index >= 15 is 0 Å². The van der Waals surface area contributed by atoms with Gasteiger partial charge in [-0.05, 0) is 23.6 Å². The molecule has 0 aliphatic rings.